The van der Waals surface area contributed by atoms with Crippen molar-refractivity contribution in [1.82, 2.24) is 5.32 Å². The van der Waals surface area contributed by atoms with Gasteiger partial charge in [-0.25, -0.2) is 0 Å². The maximum atomic E-state index is 5.65. The van der Waals surface area contributed by atoms with E-state index in [0.29, 0.717) is 12.0 Å². The Labute approximate surface area is 107 Å². The second-order valence-electron chi connectivity index (χ2n) is 4.50. The summed E-state index contributed by atoms with van der Waals surface area (Å²) in [6.45, 7) is 6.51. The molecule has 1 aromatic heterocycles. The zero-order chi connectivity index (χ0) is 11.9. The van der Waals surface area contributed by atoms with Gasteiger partial charge in [-0.05, 0) is 24.8 Å². The van der Waals surface area contributed by atoms with Crippen LogP contribution in [0.3, 0.4) is 0 Å². The molecule has 1 aromatic rings. The van der Waals surface area contributed by atoms with E-state index in [4.69, 9.17) is 9.47 Å². The fourth-order valence-corrected chi connectivity index (χ4v) is 2.71. The molecule has 1 aliphatic rings. The Morgan fingerprint density at radius 3 is 3.29 bits per heavy atom. The highest BCUT2D eigenvalue weighted by Crippen LogP contribution is 2.17. The quantitative estimate of drug-likeness (QED) is 0.759. The highest BCUT2D eigenvalue weighted by Gasteiger charge is 2.15. The summed E-state index contributed by atoms with van der Waals surface area (Å²) in [5.41, 5.74) is 0. The molecule has 2 unspecified atom stereocenters. The summed E-state index contributed by atoms with van der Waals surface area (Å²) < 4.78 is 11.0. The van der Waals surface area contributed by atoms with Crippen LogP contribution in [-0.2, 0) is 9.47 Å². The zero-order valence-electron chi connectivity index (χ0n) is 10.4. The van der Waals surface area contributed by atoms with E-state index in [0.717, 1.165) is 39.4 Å². The Balaban J connectivity index is 1.51. The summed E-state index contributed by atoms with van der Waals surface area (Å²) in [4.78, 5) is 1.38. The van der Waals surface area contributed by atoms with Gasteiger partial charge in [0.2, 0.25) is 0 Å². The minimum absolute atomic E-state index is 0.424. The standard InChI is InChI=1S/C13H21NO2S/c1-11(13-3-2-8-17-13)14-5-7-16-10-12-4-6-15-9-12/h2-3,8,11-12,14H,4-7,9-10H2,1H3. The van der Waals surface area contributed by atoms with E-state index < -0.39 is 0 Å². The second-order valence-corrected chi connectivity index (χ2v) is 5.48. The van der Waals surface area contributed by atoms with Crippen LogP contribution in [0.25, 0.3) is 0 Å². The summed E-state index contributed by atoms with van der Waals surface area (Å²) in [6.07, 6.45) is 1.15. The highest BCUT2D eigenvalue weighted by atomic mass is 32.1. The first-order valence-electron chi connectivity index (χ1n) is 6.28. The number of hydrogen-bond acceptors (Lipinski definition) is 4. The number of rotatable bonds is 7. The van der Waals surface area contributed by atoms with Crippen LogP contribution in [-0.4, -0.2) is 33.0 Å². The van der Waals surface area contributed by atoms with Gasteiger partial charge in [-0.15, -0.1) is 11.3 Å². The van der Waals surface area contributed by atoms with E-state index in [1.54, 1.807) is 11.3 Å². The fourth-order valence-electron chi connectivity index (χ4n) is 1.95. The lowest BCUT2D eigenvalue weighted by molar-refractivity contribution is 0.0904. The van der Waals surface area contributed by atoms with Crippen LogP contribution in [0.15, 0.2) is 17.5 Å². The van der Waals surface area contributed by atoms with E-state index in [-0.39, 0.29) is 0 Å². The SMILES string of the molecule is CC(NCCOCC1CCOC1)c1cccs1. The van der Waals surface area contributed by atoms with Gasteiger partial charge < -0.3 is 14.8 Å². The first kappa shape index (κ1) is 13.0. The molecule has 0 spiro atoms. The largest absolute Gasteiger partial charge is 0.381 e. The van der Waals surface area contributed by atoms with Crippen LogP contribution in [0, 0.1) is 5.92 Å². The van der Waals surface area contributed by atoms with Gasteiger partial charge in [-0.3, -0.25) is 0 Å². The Hall–Kier alpha value is -0.420. The van der Waals surface area contributed by atoms with Crippen LogP contribution < -0.4 is 5.32 Å². The predicted molar refractivity (Wildman–Crippen MR) is 70.5 cm³/mol. The molecule has 1 N–H and O–H groups in total. The van der Waals surface area contributed by atoms with Crippen molar-refractivity contribution in [2.24, 2.45) is 5.92 Å². The van der Waals surface area contributed by atoms with Crippen molar-refractivity contribution in [3.05, 3.63) is 22.4 Å². The van der Waals surface area contributed by atoms with Gasteiger partial charge >= 0.3 is 0 Å². The lowest BCUT2D eigenvalue weighted by Crippen LogP contribution is -2.23. The Morgan fingerprint density at radius 1 is 1.65 bits per heavy atom. The third-order valence-electron chi connectivity index (χ3n) is 3.04. The van der Waals surface area contributed by atoms with Gasteiger partial charge in [0.1, 0.15) is 0 Å². The lowest BCUT2D eigenvalue weighted by Gasteiger charge is -2.13. The minimum atomic E-state index is 0.424. The van der Waals surface area contributed by atoms with Gasteiger partial charge in [0.25, 0.3) is 0 Å². The molecule has 3 nitrogen and oxygen atoms in total. The number of ether oxygens (including phenoxy) is 2. The van der Waals surface area contributed by atoms with Crippen molar-refractivity contribution in [3.63, 3.8) is 0 Å². The van der Waals surface area contributed by atoms with Gasteiger partial charge in [-0.2, -0.15) is 0 Å². The molecule has 0 aromatic carbocycles. The van der Waals surface area contributed by atoms with E-state index in [1.165, 1.54) is 4.88 Å². The summed E-state index contributed by atoms with van der Waals surface area (Å²) in [5.74, 6) is 0.615. The fraction of sp³-hybridized carbons (Fsp3) is 0.692. The molecular formula is C13H21NO2S. The molecule has 2 rings (SSSR count). The predicted octanol–water partition coefficient (Wildman–Crippen LogP) is 2.45. The molecule has 1 saturated heterocycles. The van der Waals surface area contributed by atoms with Crippen LogP contribution in [0.4, 0.5) is 0 Å². The van der Waals surface area contributed by atoms with Crippen molar-refractivity contribution in [2.75, 3.05) is 33.0 Å². The summed E-state index contributed by atoms with van der Waals surface area (Å²) in [7, 11) is 0. The lowest BCUT2D eigenvalue weighted by atomic mass is 10.1. The Morgan fingerprint density at radius 2 is 2.59 bits per heavy atom. The van der Waals surface area contributed by atoms with Gasteiger partial charge in [0, 0.05) is 30.0 Å². The van der Waals surface area contributed by atoms with Crippen LogP contribution in [0.2, 0.25) is 0 Å². The molecule has 4 heteroatoms. The molecule has 96 valence electrons. The number of hydrogen-bond donors (Lipinski definition) is 1. The van der Waals surface area contributed by atoms with E-state index in [1.807, 2.05) is 0 Å². The molecule has 1 fully saturated rings. The third-order valence-corrected chi connectivity index (χ3v) is 4.10. The van der Waals surface area contributed by atoms with Crippen LogP contribution in [0.5, 0.6) is 0 Å². The zero-order valence-corrected chi connectivity index (χ0v) is 11.2. The molecule has 0 radical (unpaired) electrons. The Kier molecular flexibility index (Phi) is 5.45. The van der Waals surface area contributed by atoms with Crippen LogP contribution >= 0.6 is 11.3 Å². The second kappa shape index (κ2) is 7.11. The van der Waals surface area contributed by atoms with Gasteiger partial charge in [-0.1, -0.05) is 6.07 Å². The molecule has 0 bridgehead atoms. The molecule has 2 heterocycles. The summed E-state index contributed by atoms with van der Waals surface area (Å²) in [5, 5.41) is 5.58. The third kappa shape index (κ3) is 4.39. The summed E-state index contributed by atoms with van der Waals surface area (Å²) >= 11 is 1.80. The monoisotopic (exact) mass is 255 g/mol. The molecule has 0 saturated carbocycles. The average molecular weight is 255 g/mol. The smallest absolute Gasteiger partial charge is 0.0591 e. The molecule has 0 amide bonds. The van der Waals surface area contributed by atoms with Crippen LogP contribution in [0.1, 0.15) is 24.3 Å². The minimum Gasteiger partial charge on any atom is -0.381 e. The summed E-state index contributed by atoms with van der Waals surface area (Å²) in [6, 6.07) is 4.68. The first-order valence-corrected chi connectivity index (χ1v) is 7.16. The van der Waals surface area contributed by atoms with E-state index >= 15 is 0 Å². The number of thiophene rings is 1. The van der Waals surface area contributed by atoms with E-state index in [2.05, 4.69) is 29.8 Å². The van der Waals surface area contributed by atoms with E-state index in [9.17, 15) is 0 Å². The van der Waals surface area contributed by atoms with Crippen molar-refractivity contribution in [2.45, 2.75) is 19.4 Å². The highest BCUT2D eigenvalue weighted by molar-refractivity contribution is 7.10. The van der Waals surface area contributed by atoms with Crippen molar-refractivity contribution < 1.29 is 9.47 Å². The Bertz CT molecular complexity index is 296. The van der Waals surface area contributed by atoms with Crippen molar-refractivity contribution in [3.8, 4) is 0 Å². The maximum Gasteiger partial charge on any atom is 0.0591 e. The number of nitrogens with one attached hydrogen (secondary N) is 1. The molecule has 1 aliphatic heterocycles. The van der Waals surface area contributed by atoms with Gasteiger partial charge in [0.05, 0.1) is 19.8 Å². The van der Waals surface area contributed by atoms with Gasteiger partial charge in [0.15, 0.2) is 0 Å². The molecular weight excluding hydrogens is 234 g/mol. The van der Waals surface area contributed by atoms with Crippen molar-refractivity contribution >= 4 is 11.3 Å². The maximum absolute atomic E-state index is 5.65. The molecule has 0 aliphatic carbocycles. The average Bonchev–Trinajstić information content (AvgIpc) is 3.01. The molecule has 2 atom stereocenters. The first-order chi connectivity index (χ1) is 8.36. The topological polar surface area (TPSA) is 30.5 Å². The normalized spacial score (nSPS) is 21.8. The van der Waals surface area contributed by atoms with Crippen molar-refractivity contribution in [1.29, 1.82) is 0 Å². The molecule has 17 heavy (non-hydrogen) atoms.